The molecule has 1 aromatic carbocycles. The van der Waals surface area contributed by atoms with Gasteiger partial charge in [-0.1, -0.05) is 12.1 Å². The predicted molar refractivity (Wildman–Crippen MR) is 81.9 cm³/mol. The number of furan rings is 1. The van der Waals surface area contributed by atoms with Crippen LogP contribution in [-0.4, -0.2) is 26.8 Å². The van der Waals surface area contributed by atoms with Gasteiger partial charge >= 0.3 is 5.97 Å². The molecular formula is C16H13N3O4. The van der Waals surface area contributed by atoms with E-state index in [1.54, 1.807) is 37.3 Å². The number of nitrogens with one attached hydrogen (secondary N) is 1. The molecule has 0 bridgehead atoms. The maximum Gasteiger partial charge on any atom is 0.356 e. The fourth-order valence-electron chi connectivity index (χ4n) is 2.14. The minimum absolute atomic E-state index is 0.0759. The van der Waals surface area contributed by atoms with Crippen molar-refractivity contribution in [1.82, 2.24) is 9.78 Å². The number of carbonyl (C=O) groups excluding carboxylic acids is 1. The number of hydrogen-bond acceptors (Lipinski definition) is 4. The van der Waals surface area contributed by atoms with Gasteiger partial charge in [-0.3, -0.25) is 4.79 Å². The van der Waals surface area contributed by atoms with Crippen LogP contribution in [0.2, 0.25) is 0 Å². The number of rotatable bonds is 4. The molecule has 3 aromatic rings. The summed E-state index contributed by atoms with van der Waals surface area (Å²) in [6.45, 7) is 1.77. The van der Waals surface area contributed by atoms with Gasteiger partial charge < -0.3 is 14.8 Å². The van der Waals surface area contributed by atoms with Crippen molar-refractivity contribution in [3.63, 3.8) is 0 Å². The Balaban J connectivity index is 1.93. The number of carboxylic acids is 1. The van der Waals surface area contributed by atoms with Crippen LogP contribution in [0.1, 0.15) is 26.6 Å². The van der Waals surface area contributed by atoms with Gasteiger partial charge in [0.25, 0.3) is 5.91 Å². The average Bonchev–Trinajstić information content (AvgIpc) is 3.16. The van der Waals surface area contributed by atoms with E-state index in [2.05, 4.69) is 10.4 Å². The van der Waals surface area contributed by atoms with Crippen LogP contribution in [0.4, 0.5) is 5.69 Å². The Hall–Kier alpha value is -3.35. The van der Waals surface area contributed by atoms with E-state index < -0.39 is 5.97 Å². The first-order valence-corrected chi connectivity index (χ1v) is 6.80. The van der Waals surface area contributed by atoms with E-state index in [1.807, 2.05) is 0 Å². The van der Waals surface area contributed by atoms with Gasteiger partial charge in [-0.25, -0.2) is 9.48 Å². The lowest BCUT2D eigenvalue weighted by Gasteiger charge is -2.10. The van der Waals surface area contributed by atoms with Crippen molar-refractivity contribution < 1.29 is 19.1 Å². The molecule has 0 aliphatic rings. The number of para-hydroxylation sites is 2. The lowest BCUT2D eigenvalue weighted by Crippen LogP contribution is -2.14. The van der Waals surface area contributed by atoms with E-state index in [0.29, 0.717) is 11.4 Å². The van der Waals surface area contributed by atoms with E-state index in [1.165, 1.54) is 23.2 Å². The minimum atomic E-state index is -1.11. The fraction of sp³-hybridized carbons (Fsp3) is 0.0625. The summed E-state index contributed by atoms with van der Waals surface area (Å²) >= 11 is 0. The van der Waals surface area contributed by atoms with Gasteiger partial charge in [0.05, 0.1) is 17.6 Å². The average molecular weight is 311 g/mol. The van der Waals surface area contributed by atoms with Crippen LogP contribution >= 0.6 is 0 Å². The molecule has 23 heavy (non-hydrogen) atoms. The zero-order valence-corrected chi connectivity index (χ0v) is 12.2. The van der Waals surface area contributed by atoms with Crippen molar-refractivity contribution in [3.05, 3.63) is 65.9 Å². The Labute approximate surface area is 131 Å². The van der Waals surface area contributed by atoms with Crippen LogP contribution in [0.5, 0.6) is 0 Å². The maximum atomic E-state index is 12.3. The number of aryl methyl sites for hydroxylation is 1. The molecule has 0 spiro atoms. The van der Waals surface area contributed by atoms with Gasteiger partial charge in [-0.05, 0) is 31.2 Å². The number of benzene rings is 1. The van der Waals surface area contributed by atoms with Crippen molar-refractivity contribution in [2.45, 2.75) is 6.92 Å². The predicted octanol–water partition coefficient (Wildman–Crippen LogP) is 2.72. The third-order valence-corrected chi connectivity index (χ3v) is 3.28. The van der Waals surface area contributed by atoms with Crippen LogP contribution in [-0.2, 0) is 0 Å². The lowest BCUT2D eigenvalue weighted by atomic mass is 10.2. The normalized spacial score (nSPS) is 10.5. The van der Waals surface area contributed by atoms with Gasteiger partial charge in [0.1, 0.15) is 0 Å². The van der Waals surface area contributed by atoms with E-state index >= 15 is 0 Å². The number of hydrogen-bond donors (Lipinski definition) is 2. The molecule has 0 atom stereocenters. The topological polar surface area (TPSA) is 97.4 Å². The summed E-state index contributed by atoms with van der Waals surface area (Å²) in [5, 5.41) is 15.7. The first-order valence-electron chi connectivity index (χ1n) is 6.80. The molecule has 7 heteroatoms. The van der Waals surface area contributed by atoms with Crippen molar-refractivity contribution in [1.29, 1.82) is 0 Å². The number of amides is 1. The smallest absolute Gasteiger partial charge is 0.356 e. The number of carboxylic acid groups (broad SMARTS) is 1. The quantitative estimate of drug-likeness (QED) is 0.772. The maximum absolute atomic E-state index is 12.3. The van der Waals surface area contributed by atoms with E-state index in [0.717, 1.165) is 5.56 Å². The van der Waals surface area contributed by atoms with Crippen LogP contribution in [0.3, 0.4) is 0 Å². The summed E-state index contributed by atoms with van der Waals surface area (Å²) in [5.41, 5.74) is 1.70. The van der Waals surface area contributed by atoms with Crippen LogP contribution < -0.4 is 5.32 Å². The van der Waals surface area contributed by atoms with Crippen LogP contribution in [0, 0.1) is 6.92 Å². The number of nitrogens with zero attached hydrogens (tertiary/aromatic N) is 2. The highest BCUT2D eigenvalue weighted by Crippen LogP contribution is 2.21. The van der Waals surface area contributed by atoms with Gasteiger partial charge in [-0.15, -0.1) is 0 Å². The summed E-state index contributed by atoms with van der Waals surface area (Å²) in [6, 6.07) is 10.0. The Morgan fingerprint density at radius 3 is 2.65 bits per heavy atom. The number of aromatic carboxylic acids is 1. The molecule has 0 saturated heterocycles. The Bertz CT molecular complexity index is 879. The van der Waals surface area contributed by atoms with Crippen LogP contribution in [0.25, 0.3) is 5.69 Å². The van der Waals surface area contributed by atoms with E-state index in [-0.39, 0.29) is 17.4 Å². The summed E-state index contributed by atoms with van der Waals surface area (Å²) in [4.78, 5) is 23.2. The highest BCUT2D eigenvalue weighted by atomic mass is 16.4. The number of aromatic nitrogens is 2. The summed E-state index contributed by atoms with van der Waals surface area (Å²) in [5.74, 6) is -1.27. The lowest BCUT2D eigenvalue weighted by molar-refractivity contribution is 0.0689. The van der Waals surface area contributed by atoms with Gasteiger partial charge in [0, 0.05) is 11.8 Å². The largest absolute Gasteiger partial charge is 0.476 e. The van der Waals surface area contributed by atoms with Gasteiger partial charge in [-0.2, -0.15) is 5.10 Å². The minimum Gasteiger partial charge on any atom is -0.476 e. The zero-order chi connectivity index (χ0) is 16.4. The molecule has 1 amide bonds. The Morgan fingerprint density at radius 2 is 2.00 bits per heavy atom. The highest BCUT2D eigenvalue weighted by Gasteiger charge is 2.16. The fourth-order valence-corrected chi connectivity index (χ4v) is 2.14. The molecule has 116 valence electrons. The molecule has 0 aliphatic carbocycles. The molecule has 2 aromatic heterocycles. The van der Waals surface area contributed by atoms with Gasteiger partial charge in [0.2, 0.25) is 0 Å². The molecule has 0 radical (unpaired) electrons. The summed E-state index contributed by atoms with van der Waals surface area (Å²) < 4.78 is 6.56. The van der Waals surface area contributed by atoms with Crippen molar-refractivity contribution >= 4 is 17.6 Å². The van der Waals surface area contributed by atoms with Gasteiger partial charge in [0.15, 0.2) is 11.5 Å². The first kappa shape index (κ1) is 14.6. The highest BCUT2D eigenvalue weighted by molar-refractivity contribution is 6.04. The molecule has 3 rings (SSSR count). The monoisotopic (exact) mass is 311 g/mol. The van der Waals surface area contributed by atoms with Crippen molar-refractivity contribution in [3.8, 4) is 5.69 Å². The van der Waals surface area contributed by atoms with Crippen LogP contribution in [0.15, 0.2) is 53.3 Å². The first-order chi connectivity index (χ1) is 11.1. The Morgan fingerprint density at radius 1 is 1.22 bits per heavy atom. The summed E-state index contributed by atoms with van der Waals surface area (Å²) in [7, 11) is 0. The van der Waals surface area contributed by atoms with Crippen molar-refractivity contribution in [2.24, 2.45) is 0 Å². The number of carbonyl (C=O) groups is 2. The standard InChI is InChI=1S/C16H13N3O4/c1-10-7-9-23-14(10)15(20)17-11-4-2-3-5-13(11)19-8-6-12(18-19)16(21)22/h2-9H,1H3,(H,17,20)(H,21,22). The molecule has 0 saturated carbocycles. The molecule has 2 N–H and O–H groups in total. The number of anilines is 1. The summed E-state index contributed by atoms with van der Waals surface area (Å²) in [6.07, 6.45) is 2.97. The van der Waals surface area contributed by atoms with E-state index in [9.17, 15) is 9.59 Å². The Kier molecular flexibility index (Phi) is 3.68. The molecule has 7 nitrogen and oxygen atoms in total. The molecule has 0 aliphatic heterocycles. The van der Waals surface area contributed by atoms with E-state index in [4.69, 9.17) is 9.52 Å². The molecule has 0 fully saturated rings. The molecule has 0 unspecified atom stereocenters. The second-order valence-corrected chi connectivity index (χ2v) is 4.85. The van der Waals surface area contributed by atoms with Crippen molar-refractivity contribution in [2.75, 3.05) is 5.32 Å². The zero-order valence-electron chi connectivity index (χ0n) is 12.2. The second-order valence-electron chi connectivity index (χ2n) is 4.85. The molecular weight excluding hydrogens is 298 g/mol. The third-order valence-electron chi connectivity index (χ3n) is 3.28. The second kappa shape index (κ2) is 5.80. The third kappa shape index (κ3) is 2.84. The molecule has 2 heterocycles. The SMILES string of the molecule is Cc1ccoc1C(=O)Nc1ccccc1-n1ccc(C(=O)O)n1.